The van der Waals surface area contributed by atoms with Crippen LogP contribution in [0.15, 0.2) is 35.7 Å². The van der Waals surface area contributed by atoms with Crippen LogP contribution in [0.1, 0.15) is 25.8 Å². The highest BCUT2D eigenvalue weighted by molar-refractivity contribution is 7.92. The quantitative estimate of drug-likeness (QED) is 0.809. The van der Waals surface area contributed by atoms with E-state index in [0.29, 0.717) is 0 Å². The summed E-state index contributed by atoms with van der Waals surface area (Å²) in [6.07, 6.45) is 2.42. The summed E-state index contributed by atoms with van der Waals surface area (Å²) in [6, 6.07) is 9.41. The van der Waals surface area contributed by atoms with E-state index in [4.69, 9.17) is 0 Å². The molecule has 4 heteroatoms. The second-order valence-electron chi connectivity index (χ2n) is 4.03. The second kappa shape index (κ2) is 5.98. The van der Waals surface area contributed by atoms with Gasteiger partial charge >= 0.3 is 0 Å². The molecule has 0 aliphatic rings. The summed E-state index contributed by atoms with van der Waals surface area (Å²) in [5, 5.41) is 1.26. The van der Waals surface area contributed by atoms with Gasteiger partial charge in [-0.3, -0.25) is 0 Å². The zero-order valence-corrected chi connectivity index (χ0v) is 11.3. The number of hydrogen-bond acceptors (Lipinski definition) is 2. The molecule has 1 atom stereocenters. The number of hydrogen-bond donors (Lipinski definition) is 0. The molecule has 0 N–H and O–H groups in total. The standard InChI is InChI=1S/C13H19NO2S/c1-4-12(2)14(3)17(15,16)11-10-13-8-6-5-7-9-13/h5-12H,4H2,1-3H3/b11-10+/t12-/m0/s1. The molecule has 3 nitrogen and oxygen atoms in total. The second-order valence-corrected chi connectivity index (χ2v) is 5.91. The van der Waals surface area contributed by atoms with E-state index in [0.717, 1.165) is 12.0 Å². The molecule has 17 heavy (non-hydrogen) atoms. The summed E-state index contributed by atoms with van der Waals surface area (Å²) < 4.78 is 25.3. The Bertz CT molecular complexity index is 465. The van der Waals surface area contributed by atoms with Crippen LogP contribution in [-0.2, 0) is 10.0 Å². The highest BCUT2D eigenvalue weighted by Crippen LogP contribution is 2.11. The Morgan fingerprint density at radius 3 is 2.41 bits per heavy atom. The molecule has 0 spiro atoms. The fourth-order valence-corrected chi connectivity index (χ4v) is 2.50. The summed E-state index contributed by atoms with van der Waals surface area (Å²) in [4.78, 5) is 0. The van der Waals surface area contributed by atoms with Gasteiger partial charge < -0.3 is 0 Å². The lowest BCUT2D eigenvalue weighted by Crippen LogP contribution is -2.33. The molecule has 0 unspecified atom stereocenters. The minimum absolute atomic E-state index is 0.0143. The van der Waals surface area contributed by atoms with Gasteiger partial charge in [0.05, 0.1) is 0 Å². The minimum atomic E-state index is -3.32. The maximum absolute atomic E-state index is 11.9. The number of rotatable bonds is 5. The molecule has 0 heterocycles. The monoisotopic (exact) mass is 253 g/mol. The smallest absolute Gasteiger partial charge is 0.208 e. The van der Waals surface area contributed by atoms with Gasteiger partial charge in [0.1, 0.15) is 0 Å². The van der Waals surface area contributed by atoms with Gasteiger partial charge in [0.2, 0.25) is 10.0 Å². The van der Waals surface area contributed by atoms with Crippen molar-refractivity contribution in [2.45, 2.75) is 26.3 Å². The average molecular weight is 253 g/mol. The van der Waals surface area contributed by atoms with Crippen molar-refractivity contribution in [2.75, 3.05) is 7.05 Å². The van der Waals surface area contributed by atoms with Crippen LogP contribution in [0, 0.1) is 0 Å². The number of nitrogens with zero attached hydrogens (tertiary/aromatic N) is 1. The summed E-state index contributed by atoms with van der Waals surface area (Å²) in [6.45, 7) is 3.87. The van der Waals surface area contributed by atoms with Crippen LogP contribution in [-0.4, -0.2) is 25.8 Å². The van der Waals surface area contributed by atoms with Gasteiger partial charge in [-0.05, 0) is 25.0 Å². The first kappa shape index (κ1) is 13.9. The molecule has 0 radical (unpaired) electrons. The van der Waals surface area contributed by atoms with E-state index in [1.165, 1.54) is 9.71 Å². The molecule has 0 saturated carbocycles. The van der Waals surface area contributed by atoms with E-state index < -0.39 is 10.0 Å². The molecule has 0 amide bonds. The Morgan fingerprint density at radius 2 is 1.88 bits per heavy atom. The summed E-state index contributed by atoms with van der Waals surface area (Å²) in [5.74, 6) is 0. The number of benzene rings is 1. The Hall–Kier alpha value is -1.13. The summed E-state index contributed by atoms with van der Waals surface area (Å²) >= 11 is 0. The van der Waals surface area contributed by atoms with Crippen molar-refractivity contribution >= 4 is 16.1 Å². The van der Waals surface area contributed by atoms with Gasteiger partial charge in [0.25, 0.3) is 0 Å². The molecule has 0 saturated heterocycles. The van der Waals surface area contributed by atoms with E-state index >= 15 is 0 Å². The van der Waals surface area contributed by atoms with E-state index in [2.05, 4.69) is 0 Å². The first-order valence-electron chi connectivity index (χ1n) is 5.68. The first-order valence-corrected chi connectivity index (χ1v) is 7.19. The van der Waals surface area contributed by atoms with Crippen LogP contribution in [0.2, 0.25) is 0 Å². The maximum Gasteiger partial charge on any atom is 0.236 e. The van der Waals surface area contributed by atoms with Crippen LogP contribution < -0.4 is 0 Å². The normalized spacial score (nSPS) is 14.4. The lowest BCUT2D eigenvalue weighted by atomic mass is 10.2. The third-order valence-corrected chi connectivity index (χ3v) is 4.49. The molecule has 0 aliphatic carbocycles. The van der Waals surface area contributed by atoms with Crippen molar-refractivity contribution in [3.63, 3.8) is 0 Å². The van der Waals surface area contributed by atoms with E-state index in [1.54, 1.807) is 13.1 Å². The molecule has 0 aliphatic heterocycles. The largest absolute Gasteiger partial charge is 0.236 e. The Kier molecular flexibility index (Phi) is 4.90. The van der Waals surface area contributed by atoms with Gasteiger partial charge in [-0.1, -0.05) is 37.3 Å². The van der Waals surface area contributed by atoms with Gasteiger partial charge in [-0.25, -0.2) is 8.42 Å². The Balaban J connectivity index is 2.84. The molecular formula is C13H19NO2S. The van der Waals surface area contributed by atoms with E-state index in [-0.39, 0.29) is 6.04 Å². The summed E-state index contributed by atoms with van der Waals surface area (Å²) in [7, 11) is -1.71. The first-order chi connectivity index (χ1) is 7.97. The van der Waals surface area contributed by atoms with Crippen LogP contribution in [0.5, 0.6) is 0 Å². The van der Waals surface area contributed by atoms with Gasteiger partial charge in [-0.2, -0.15) is 4.31 Å². The van der Waals surface area contributed by atoms with Gasteiger partial charge in [-0.15, -0.1) is 0 Å². The highest BCUT2D eigenvalue weighted by Gasteiger charge is 2.18. The van der Waals surface area contributed by atoms with Crippen molar-refractivity contribution in [1.29, 1.82) is 0 Å². The van der Waals surface area contributed by atoms with Crippen LogP contribution in [0.3, 0.4) is 0 Å². The minimum Gasteiger partial charge on any atom is -0.208 e. The van der Waals surface area contributed by atoms with Crippen molar-refractivity contribution in [3.05, 3.63) is 41.3 Å². The molecular weight excluding hydrogens is 234 g/mol. The van der Waals surface area contributed by atoms with E-state index in [1.807, 2.05) is 44.2 Å². The molecule has 1 aromatic rings. The predicted octanol–water partition coefficient (Wildman–Crippen LogP) is 2.72. The van der Waals surface area contributed by atoms with E-state index in [9.17, 15) is 8.42 Å². The number of sulfonamides is 1. The molecule has 0 aromatic heterocycles. The molecule has 94 valence electrons. The summed E-state index contributed by atoms with van der Waals surface area (Å²) in [5.41, 5.74) is 0.883. The van der Waals surface area contributed by atoms with Gasteiger partial charge in [0, 0.05) is 18.5 Å². The Morgan fingerprint density at radius 1 is 1.29 bits per heavy atom. The third-order valence-electron chi connectivity index (χ3n) is 2.84. The van der Waals surface area contributed by atoms with Crippen LogP contribution in [0.25, 0.3) is 6.08 Å². The maximum atomic E-state index is 11.9. The predicted molar refractivity (Wildman–Crippen MR) is 71.9 cm³/mol. The topological polar surface area (TPSA) is 37.4 Å². The molecule has 0 fully saturated rings. The van der Waals surface area contributed by atoms with Crippen molar-refractivity contribution < 1.29 is 8.42 Å². The molecule has 1 aromatic carbocycles. The Labute approximate surface area is 104 Å². The SMILES string of the molecule is CC[C@H](C)N(C)S(=O)(=O)/C=C/c1ccccc1. The van der Waals surface area contributed by atoms with Crippen molar-refractivity contribution in [2.24, 2.45) is 0 Å². The zero-order chi connectivity index (χ0) is 12.9. The van der Waals surface area contributed by atoms with Gasteiger partial charge in [0.15, 0.2) is 0 Å². The molecule has 0 bridgehead atoms. The lowest BCUT2D eigenvalue weighted by molar-refractivity contribution is 0.386. The zero-order valence-electron chi connectivity index (χ0n) is 10.5. The molecule has 1 rings (SSSR count). The fraction of sp³-hybridized carbons (Fsp3) is 0.385. The van der Waals surface area contributed by atoms with Crippen LogP contribution in [0.4, 0.5) is 0 Å². The van der Waals surface area contributed by atoms with Crippen molar-refractivity contribution in [3.8, 4) is 0 Å². The van der Waals surface area contributed by atoms with Crippen molar-refractivity contribution in [1.82, 2.24) is 4.31 Å². The highest BCUT2D eigenvalue weighted by atomic mass is 32.2. The fourth-order valence-electron chi connectivity index (χ4n) is 1.33. The lowest BCUT2D eigenvalue weighted by Gasteiger charge is -2.21. The third kappa shape index (κ3) is 3.98. The average Bonchev–Trinajstić information content (AvgIpc) is 2.36. The van der Waals surface area contributed by atoms with Crippen LogP contribution >= 0.6 is 0 Å².